The number of aromatic nitrogens is 1. The molecule has 0 bridgehead atoms. The zero-order valence-electron chi connectivity index (χ0n) is 22.7. The first kappa shape index (κ1) is 26.9. The van der Waals surface area contributed by atoms with Gasteiger partial charge in [-0.25, -0.2) is 9.18 Å². The first-order valence-corrected chi connectivity index (χ1v) is 12.8. The van der Waals surface area contributed by atoms with E-state index in [0.29, 0.717) is 40.8 Å². The predicted octanol–water partition coefficient (Wildman–Crippen LogP) is 6.12. The van der Waals surface area contributed by atoms with Crippen LogP contribution >= 0.6 is 0 Å². The maximum absolute atomic E-state index is 15.4. The molecule has 1 aromatic heterocycles. The van der Waals surface area contributed by atoms with Crippen molar-refractivity contribution in [1.29, 1.82) is 0 Å². The van der Waals surface area contributed by atoms with E-state index in [1.165, 1.54) is 10.6 Å². The molecule has 37 heavy (non-hydrogen) atoms. The molecule has 1 N–H and O–H groups in total. The monoisotopic (exact) mass is 509 g/mol. The van der Waals surface area contributed by atoms with Crippen molar-refractivity contribution in [2.75, 3.05) is 6.61 Å². The van der Waals surface area contributed by atoms with Crippen LogP contribution in [0.15, 0.2) is 29.1 Å². The number of nitrogens with zero attached hydrogens (tertiary/aromatic N) is 1. The van der Waals surface area contributed by atoms with Gasteiger partial charge in [0.05, 0.1) is 17.9 Å². The van der Waals surface area contributed by atoms with Crippen molar-refractivity contribution in [2.24, 2.45) is 13.0 Å². The molecule has 198 valence electrons. The normalized spacial score (nSPS) is 14.5. The Morgan fingerprint density at radius 1 is 1.22 bits per heavy atom. The summed E-state index contributed by atoms with van der Waals surface area (Å²) in [6.07, 6.45) is 0.776. The largest absolute Gasteiger partial charge is 0.490 e. The molecule has 0 radical (unpaired) electrons. The SMILES string of the molecule is Cc1c(-c2c(C(OC(C)(C)C)C(=O)O)n(C)c(=O)c3cc(CC(C)C)ccc23)cc(F)c2c1CCCO2. The summed E-state index contributed by atoms with van der Waals surface area (Å²) in [7, 11) is 1.56. The smallest absolute Gasteiger partial charge is 0.339 e. The average Bonchev–Trinajstić information content (AvgIpc) is 2.81. The zero-order chi connectivity index (χ0) is 27.2. The van der Waals surface area contributed by atoms with Gasteiger partial charge in [-0.2, -0.15) is 0 Å². The lowest BCUT2D eigenvalue weighted by atomic mass is 9.87. The molecule has 1 atom stereocenters. The molecule has 6 nitrogen and oxygen atoms in total. The number of benzene rings is 2. The van der Waals surface area contributed by atoms with E-state index in [2.05, 4.69) is 13.8 Å². The quantitative estimate of drug-likeness (QED) is 0.433. The van der Waals surface area contributed by atoms with Crippen LogP contribution in [0.1, 0.15) is 69.5 Å². The van der Waals surface area contributed by atoms with Crippen LogP contribution in [0.2, 0.25) is 0 Å². The number of ether oxygens (including phenoxy) is 2. The summed E-state index contributed by atoms with van der Waals surface area (Å²) in [4.78, 5) is 26.3. The van der Waals surface area contributed by atoms with Crippen LogP contribution in [0.25, 0.3) is 21.9 Å². The highest BCUT2D eigenvalue weighted by Gasteiger charge is 2.34. The molecule has 0 saturated heterocycles. The third kappa shape index (κ3) is 5.14. The molecular weight excluding hydrogens is 473 g/mol. The molecule has 1 unspecified atom stereocenters. The summed E-state index contributed by atoms with van der Waals surface area (Å²) in [5.41, 5.74) is 2.69. The second-order valence-electron chi connectivity index (χ2n) is 11.3. The van der Waals surface area contributed by atoms with Gasteiger partial charge in [-0.1, -0.05) is 26.0 Å². The highest BCUT2D eigenvalue weighted by atomic mass is 19.1. The minimum atomic E-state index is -1.44. The lowest BCUT2D eigenvalue weighted by molar-refractivity contribution is -0.161. The van der Waals surface area contributed by atoms with Gasteiger partial charge in [0.1, 0.15) is 0 Å². The molecule has 0 saturated carbocycles. The molecule has 2 aromatic carbocycles. The molecule has 7 heteroatoms. The molecule has 2 heterocycles. The van der Waals surface area contributed by atoms with E-state index in [-0.39, 0.29) is 17.0 Å². The second kappa shape index (κ2) is 9.93. The third-order valence-electron chi connectivity index (χ3n) is 6.80. The van der Waals surface area contributed by atoms with Crippen molar-refractivity contribution in [3.63, 3.8) is 0 Å². The van der Waals surface area contributed by atoms with Crippen molar-refractivity contribution in [3.8, 4) is 16.9 Å². The Kier molecular flexibility index (Phi) is 7.21. The van der Waals surface area contributed by atoms with Crippen LogP contribution in [0.5, 0.6) is 5.75 Å². The summed E-state index contributed by atoms with van der Waals surface area (Å²) in [6.45, 7) is 11.9. The first-order chi connectivity index (χ1) is 17.3. The fourth-order valence-corrected chi connectivity index (χ4v) is 5.26. The van der Waals surface area contributed by atoms with Gasteiger partial charge in [0.15, 0.2) is 17.7 Å². The molecule has 4 rings (SSSR count). The van der Waals surface area contributed by atoms with Crippen LogP contribution in [-0.4, -0.2) is 27.9 Å². The lowest BCUT2D eigenvalue weighted by Gasteiger charge is -2.30. The highest BCUT2D eigenvalue weighted by Crippen LogP contribution is 2.43. The van der Waals surface area contributed by atoms with E-state index in [9.17, 15) is 14.7 Å². The number of rotatable bonds is 6. The number of fused-ring (bicyclic) bond motifs is 2. The van der Waals surface area contributed by atoms with Crippen LogP contribution in [-0.2, 0) is 29.4 Å². The van der Waals surface area contributed by atoms with E-state index in [1.807, 2.05) is 25.1 Å². The standard InChI is InChI=1S/C30H36FNO5/c1-16(2)13-18-10-11-20-22(14-18)28(33)32(7)25(27(29(34)35)37-30(4,5)6)24(20)21-15-23(31)26-19(17(21)3)9-8-12-36-26/h10-11,14-16,27H,8-9,12-13H2,1-7H3,(H,34,35). The minimum Gasteiger partial charge on any atom is -0.490 e. The number of carboxylic acids is 1. The molecule has 0 fully saturated rings. The van der Waals surface area contributed by atoms with Crippen molar-refractivity contribution in [2.45, 2.75) is 72.5 Å². The van der Waals surface area contributed by atoms with Crippen molar-refractivity contribution >= 4 is 16.7 Å². The zero-order valence-corrected chi connectivity index (χ0v) is 22.7. The van der Waals surface area contributed by atoms with E-state index in [4.69, 9.17) is 9.47 Å². The number of aliphatic carboxylic acids is 1. The molecular formula is C30H36FNO5. The van der Waals surface area contributed by atoms with E-state index < -0.39 is 23.5 Å². The number of carboxylic acid groups (broad SMARTS) is 1. The Labute approximate surface area is 217 Å². The average molecular weight is 510 g/mol. The number of hydrogen-bond donors (Lipinski definition) is 1. The summed E-state index contributed by atoms with van der Waals surface area (Å²) in [5, 5.41) is 11.3. The van der Waals surface area contributed by atoms with Crippen LogP contribution in [0.4, 0.5) is 4.39 Å². The maximum atomic E-state index is 15.4. The molecule has 0 aliphatic carbocycles. The van der Waals surface area contributed by atoms with Crippen LogP contribution < -0.4 is 10.3 Å². The van der Waals surface area contributed by atoms with Crippen LogP contribution in [0.3, 0.4) is 0 Å². The van der Waals surface area contributed by atoms with Gasteiger partial charge in [-0.15, -0.1) is 0 Å². The van der Waals surface area contributed by atoms with E-state index >= 15 is 4.39 Å². The molecule has 1 aliphatic rings. The van der Waals surface area contributed by atoms with Crippen molar-refractivity contribution in [3.05, 3.63) is 62.8 Å². The molecule has 0 spiro atoms. The molecule has 0 amide bonds. The topological polar surface area (TPSA) is 77.8 Å². The first-order valence-electron chi connectivity index (χ1n) is 12.8. The lowest BCUT2D eigenvalue weighted by Crippen LogP contribution is -2.33. The van der Waals surface area contributed by atoms with Gasteiger partial charge in [0.25, 0.3) is 5.56 Å². The van der Waals surface area contributed by atoms with E-state index in [0.717, 1.165) is 29.5 Å². The van der Waals surface area contributed by atoms with Crippen molar-refractivity contribution < 1.29 is 23.8 Å². The van der Waals surface area contributed by atoms with Crippen molar-refractivity contribution in [1.82, 2.24) is 4.57 Å². The predicted molar refractivity (Wildman–Crippen MR) is 143 cm³/mol. The van der Waals surface area contributed by atoms with Gasteiger partial charge in [0.2, 0.25) is 0 Å². The fraction of sp³-hybridized carbons (Fsp3) is 0.467. The van der Waals surface area contributed by atoms with Gasteiger partial charge in [-0.3, -0.25) is 4.79 Å². The number of carbonyl (C=O) groups is 1. The summed E-state index contributed by atoms with van der Waals surface area (Å²) in [5.74, 6) is -1.07. The Hall–Kier alpha value is -3.19. The van der Waals surface area contributed by atoms with Crippen LogP contribution in [0, 0.1) is 18.7 Å². The second-order valence-corrected chi connectivity index (χ2v) is 11.3. The number of halogens is 1. The molecule has 1 aliphatic heterocycles. The van der Waals surface area contributed by atoms with E-state index in [1.54, 1.807) is 27.8 Å². The Balaban J connectivity index is 2.15. The Morgan fingerprint density at radius 3 is 2.54 bits per heavy atom. The highest BCUT2D eigenvalue weighted by molar-refractivity contribution is 6.00. The minimum absolute atomic E-state index is 0.190. The molecule has 3 aromatic rings. The Bertz CT molecular complexity index is 1430. The van der Waals surface area contributed by atoms with Gasteiger partial charge in [0, 0.05) is 23.6 Å². The summed E-state index contributed by atoms with van der Waals surface area (Å²) in [6, 6.07) is 7.10. The maximum Gasteiger partial charge on any atom is 0.339 e. The third-order valence-corrected chi connectivity index (χ3v) is 6.80. The van der Waals surface area contributed by atoms with Gasteiger partial charge < -0.3 is 19.1 Å². The Morgan fingerprint density at radius 2 is 1.92 bits per heavy atom. The number of pyridine rings is 1. The van der Waals surface area contributed by atoms with Gasteiger partial charge >= 0.3 is 5.97 Å². The summed E-state index contributed by atoms with van der Waals surface area (Å²) >= 11 is 0. The van der Waals surface area contributed by atoms with Gasteiger partial charge in [-0.05, 0) is 87.1 Å². The summed E-state index contributed by atoms with van der Waals surface area (Å²) < 4.78 is 28.4. The fourth-order valence-electron chi connectivity index (χ4n) is 5.26. The number of hydrogen-bond acceptors (Lipinski definition) is 4.